The summed E-state index contributed by atoms with van der Waals surface area (Å²) in [6, 6.07) is 1.98. The van der Waals surface area contributed by atoms with Crippen molar-refractivity contribution >= 4 is 29.9 Å². The minimum Gasteiger partial charge on any atom is -0.466 e. The first-order valence-corrected chi connectivity index (χ1v) is 5.23. The fourth-order valence-corrected chi connectivity index (χ4v) is 1.31. The third kappa shape index (κ3) is 5.76. The summed E-state index contributed by atoms with van der Waals surface area (Å²) in [5.74, 6) is 2.23. The summed E-state index contributed by atoms with van der Waals surface area (Å²) in [6.45, 7) is 10.7. The van der Waals surface area contributed by atoms with Crippen LogP contribution in [0.2, 0.25) is 0 Å². The Morgan fingerprint density at radius 2 is 2.18 bits per heavy atom. The van der Waals surface area contributed by atoms with Gasteiger partial charge in [0.05, 0.1) is 6.54 Å². The van der Waals surface area contributed by atoms with Gasteiger partial charge in [0.25, 0.3) is 0 Å². The van der Waals surface area contributed by atoms with Crippen molar-refractivity contribution in [3.63, 3.8) is 0 Å². The summed E-state index contributed by atoms with van der Waals surface area (Å²) < 4.78 is 5.40. The molecule has 96 valence electrons. The van der Waals surface area contributed by atoms with E-state index >= 15 is 0 Å². The lowest BCUT2D eigenvalue weighted by Gasteiger charge is -2.04. The van der Waals surface area contributed by atoms with Crippen LogP contribution in [0.15, 0.2) is 27.6 Å². The fraction of sp³-hybridized carbons (Fsp3) is 0.417. The summed E-state index contributed by atoms with van der Waals surface area (Å²) in [7, 11) is 0. The fourth-order valence-electron chi connectivity index (χ4n) is 1.31. The van der Waals surface area contributed by atoms with Gasteiger partial charge in [0, 0.05) is 12.1 Å². The average Bonchev–Trinajstić information content (AvgIpc) is 2.51. The number of furan rings is 1. The van der Waals surface area contributed by atoms with Crippen molar-refractivity contribution in [2.75, 3.05) is 6.54 Å². The van der Waals surface area contributed by atoms with Crippen molar-refractivity contribution in [2.24, 2.45) is 10.7 Å². The summed E-state index contributed by atoms with van der Waals surface area (Å²) >= 11 is 0. The van der Waals surface area contributed by atoms with Gasteiger partial charge in [-0.25, -0.2) is 4.99 Å². The molecular weight excluding hydrogens is 329 g/mol. The first kappa shape index (κ1) is 16.0. The number of aryl methyl sites for hydroxylation is 2. The Bertz CT molecular complexity index is 410. The maximum absolute atomic E-state index is 5.69. The van der Waals surface area contributed by atoms with Crippen LogP contribution in [0.25, 0.3) is 0 Å². The number of nitrogens with one attached hydrogen (secondary N) is 1. The van der Waals surface area contributed by atoms with Crippen LogP contribution < -0.4 is 11.1 Å². The molecule has 1 aromatic heterocycles. The van der Waals surface area contributed by atoms with Crippen molar-refractivity contribution in [3.8, 4) is 0 Å². The van der Waals surface area contributed by atoms with Crippen LogP contribution in [-0.4, -0.2) is 12.5 Å². The highest BCUT2D eigenvalue weighted by atomic mass is 127. The SMILES string of the molecule is C=C(C)CNC(N)=NCc1cc(C)oc1C.I. The van der Waals surface area contributed by atoms with E-state index in [1.807, 2.05) is 26.8 Å². The summed E-state index contributed by atoms with van der Waals surface area (Å²) in [5, 5.41) is 2.98. The molecule has 0 aliphatic carbocycles. The molecule has 0 aliphatic rings. The number of nitrogens with zero attached hydrogens (tertiary/aromatic N) is 1. The van der Waals surface area contributed by atoms with Crippen LogP contribution in [0.4, 0.5) is 0 Å². The van der Waals surface area contributed by atoms with Gasteiger partial charge in [0.15, 0.2) is 5.96 Å². The second-order valence-electron chi connectivity index (χ2n) is 3.95. The molecule has 0 unspecified atom stereocenters. The lowest BCUT2D eigenvalue weighted by molar-refractivity contribution is 0.501. The number of hydrogen-bond donors (Lipinski definition) is 2. The van der Waals surface area contributed by atoms with E-state index in [0.29, 0.717) is 19.0 Å². The predicted molar refractivity (Wildman–Crippen MR) is 81.7 cm³/mol. The molecule has 1 heterocycles. The van der Waals surface area contributed by atoms with Gasteiger partial charge in [-0.1, -0.05) is 12.2 Å². The topological polar surface area (TPSA) is 63.5 Å². The van der Waals surface area contributed by atoms with E-state index in [1.165, 1.54) is 0 Å². The van der Waals surface area contributed by atoms with E-state index < -0.39 is 0 Å². The van der Waals surface area contributed by atoms with Gasteiger partial charge in [0.2, 0.25) is 0 Å². The smallest absolute Gasteiger partial charge is 0.189 e. The number of aliphatic imine (C=N–C) groups is 1. The van der Waals surface area contributed by atoms with Crippen molar-refractivity contribution in [3.05, 3.63) is 35.3 Å². The van der Waals surface area contributed by atoms with Crippen LogP contribution in [0, 0.1) is 13.8 Å². The quantitative estimate of drug-likeness (QED) is 0.380. The minimum atomic E-state index is 0. The zero-order chi connectivity index (χ0) is 12.1. The van der Waals surface area contributed by atoms with Gasteiger partial charge >= 0.3 is 0 Å². The van der Waals surface area contributed by atoms with Gasteiger partial charge in [0.1, 0.15) is 11.5 Å². The number of halogens is 1. The van der Waals surface area contributed by atoms with Gasteiger partial charge < -0.3 is 15.5 Å². The predicted octanol–water partition coefficient (Wildman–Crippen LogP) is 2.49. The molecule has 3 N–H and O–H groups in total. The molecule has 0 amide bonds. The molecule has 1 rings (SSSR count). The summed E-state index contributed by atoms with van der Waals surface area (Å²) in [6.07, 6.45) is 0. The average molecular weight is 349 g/mol. The van der Waals surface area contributed by atoms with Crippen LogP contribution in [0.3, 0.4) is 0 Å². The molecule has 0 fully saturated rings. The molecular formula is C12H20IN3O. The molecule has 0 spiro atoms. The standard InChI is InChI=1S/C12H19N3O.HI/c1-8(2)6-14-12(13)15-7-11-5-9(3)16-10(11)4;/h5H,1,6-7H2,2-4H3,(H3,13,14,15);1H. The molecule has 0 aromatic carbocycles. The van der Waals surface area contributed by atoms with Crippen LogP contribution in [0.5, 0.6) is 0 Å². The number of rotatable bonds is 4. The zero-order valence-corrected chi connectivity index (χ0v) is 12.9. The zero-order valence-electron chi connectivity index (χ0n) is 10.5. The van der Waals surface area contributed by atoms with Gasteiger partial charge in [-0.05, 0) is 26.8 Å². The molecule has 0 saturated carbocycles. The Hall–Kier alpha value is -0.980. The molecule has 0 radical (unpaired) electrons. The normalized spacial score (nSPS) is 10.9. The first-order chi connectivity index (χ1) is 7.49. The molecule has 0 aliphatic heterocycles. The Kier molecular flexibility index (Phi) is 6.94. The molecule has 0 bridgehead atoms. The van der Waals surface area contributed by atoms with E-state index in [4.69, 9.17) is 10.2 Å². The molecule has 4 nitrogen and oxygen atoms in total. The summed E-state index contributed by atoms with van der Waals surface area (Å²) in [4.78, 5) is 4.22. The molecule has 17 heavy (non-hydrogen) atoms. The summed E-state index contributed by atoms with van der Waals surface area (Å²) in [5.41, 5.74) is 7.78. The first-order valence-electron chi connectivity index (χ1n) is 5.23. The Morgan fingerprint density at radius 3 is 2.65 bits per heavy atom. The largest absolute Gasteiger partial charge is 0.466 e. The highest BCUT2D eigenvalue weighted by molar-refractivity contribution is 14.0. The van der Waals surface area contributed by atoms with Gasteiger partial charge in [-0.2, -0.15) is 0 Å². The number of hydrogen-bond acceptors (Lipinski definition) is 2. The maximum atomic E-state index is 5.69. The van der Waals surface area contributed by atoms with E-state index in [9.17, 15) is 0 Å². The highest BCUT2D eigenvalue weighted by Crippen LogP contribution is 2.14. The third-order valence-electron chi connectivity index (χ3n) is 2.13. The molecule has 0 saturated heterocycles. The Labute approximate surface area is 119 Å². The van der Waals surface area contributed by atoms with Crippen molar-refractivity contribution < 1.29 is 4.42 Å². The van der Waals surface area contributed by atoms with E-state index in [0.717, 1.165) is 22.7 Å². The Morgan fingerprint density at radius 1 is 1.53 bits per heavy atom. The monoisotopic (exact) mass is 349 g/mol. The van der Waals surface area contributed by atoms with E-state index in [1.54, 1.807) is 0 Å². The van der Waals surface area contributed by atoms with Crippen molar-refractivity contribution in [2.45, 2.75) is 27.3 Å². The van der Waals surface area contributed by atoms with E-state index in [-0.39, 0.29) is 24.0 Å². The lowest BCUT2D eigenvalue weighted by Crippen LogP contribution is -2.32. The third-order valence-corrected chi connectivity index (χ3v) is 2.13. The van der Waals surface area contributed by atoms with E-state index in [2.05, 4.69) is 16.9 Å². The van der Waals surface area contributed by atoms with Crippen LogP contribution in [0.1, 0.15) is 24.0 Å². The van der Waals surface area contributed by atoms with Gasteiger partial charge in [-0.3, -0.25) is 0 Å². The van der Waals surface area contributed by atoms with Gasteiger partial charge in [-0.15, -0.1) is 24.0 Å². The molecule has 0 atom stereocenters. The second kappa shape index (κ2) is 7.37. The maximum Gasteiger partial charge on any atom is 0.189 e. The van der Waals surface area contributed by atoms with Crippen LogP contribution >= 0.6 is 24.0 Å². The Balaban J connectivity index is 0.00000256. The number of guanidine groups is 1. The second-order valence-corrected chi connectivity index (χ2v) is 3.95. The minimum absolute atomic E-state index is 0. The van der Waals surface area contributed by atoms with Crippen molar-refractivity contribution in [1.29, 1.82) is 0 Å². The molecule has 1 aromatic rings. The van der Waals surface area contributed by atoms with Crippen molar-refractivity contribution in [1.82, 2.24) is 5.32 Å². The molecule has 5 heteroatoms. The van der Waals surface area contributed by atoms with Crippen LogP contribution in [-0.2, 0) is 6.54 Å². The number of nitrogens with two attached hydrogens (primary N) is 1. The lowest BCUT2D eigenvalue weighted by atomic mass is 10.2. The highest BCUT2D eigenvalue weighted by Gasteiger charge is 2.03.